The number of ether oxygens (including phenoxy) is 2. The van der Waals surface area contributed by atoms with Crippen LogP contribution in [-0.4, -0.2) is 25.3 Å². The molecule has 0 amide bonds. The van der Waals surface area contributed by atoms with Gasteiger partial charge < -0.3 is 9.47 Å². The van der Waals surface area contributed by atoms with Gasteiger partial charge in [-0.25, -0.2) is 0 Å². The van der Waals surface area contributed by atoms with Crippen LogP contribution >= 0.6 is 0 Å². The van der Waals surface area contributed by atoms with Crippen molar-refractivity contribution in [2.45, 2.75) is 91.1 Å². The van der Waals surface area contributed by atoms with Gasteiger partial charge in [0.05, 0.1) is 12.7 Å². The normalized spacial score (nSPS) is 48.1. The van der Waals surface area contributed by atoms with Gasteiger partial charge in [0.2, 0.25) is 0 Å². The summed E-state index contributed by atoms with van der Waals surface area (Å²) in [5, 5.41) is 0. The number of rotatable bonds is 4. The van der Waals surface area contributed by atoms with Gasteiger partial charge in [0, 0.05) is 13.0 Å². The Morgan fingerprint density at radius 2 is 1.85 bits per heavy atom. The Morgan fingerprint density at radius 3 is 2.65 bits per heavy atom. The Labute approximate surface area is 159 Å². The lowest BCUT2D eigenvalue weighted by atomic mass is 9.47. The van der Waals surface area contributed by atoms with Crippen molar-refractivity contribution >= 4 is 5.97 Å². The molecule has 148 valence electrons. The van der Waals surface area contributed by atoms with Gasteiger partial charge in [0.25, 0.3) is 0 Å². The maximum Gasteiger partial charge on any atom is 0.305 e. The predicted octanol–water partition coefficient (Wildman–Crippen LogP) is 5.37. The molecule has 0 aromatic heterocycles. The molecule has 0 aromatic rings. The molecule has 0 spiro atoms. The Kier molecular flexibility index (Phi) is 5.14. The Hall–Kier alpha value is -0.570. The van der Waals surface area contributed by atoms with Crippen molar-refractivity contribution in [2.75, 3.05) is 13.2 Å². The first-order valence-electron chi connectivity index (χ1n) is 11.3. The maximum absolute atomic E-state index is 11.9. The highest BCUT2D eigenvalue weighted by Gasteiger charge is 2.60. The third-order valence-electron chi connectivity index (χ3n) is 9.11. The summed E-state index contributed by atoms with van der Waals surface area (Å²) in [6, 6.07) is 0. The minimum absolute atomic E-state index is 0.0306. The molecule has 3 nitrogen and oxygen atoms in total. The van der Waals surface area contributed by atoms with Crippen LogP contribution in [-0.2, 0) is 14.3 Å². The molecular weight excluding hydrogens is 324 g/mol. The molecule has 7 atom stereocenters. The van der Waals surface area contributed by atoms with Crippen LogP contribution in [0.1, 0.15) is 85.0 Å². The second-order valence-electron chi connectivity index (χ2n) is 10.2. The van der Waals surface area contributed by atoms with Gasteiger partial charge >= 0.3 is 5.97 Å². The maximum atomic E-state index is 11.9. The average Bonchev–Trinajstić information content (AvgIpc) is 2.87. The van der Waals surface area contributed by atoms with Gasteiger partial charge in [-0.2, -0.15) is 0 Å². The number of hydrogen-bond acceptors (Lipinski definition) is 3. The highest BCUT2D eigenvalue weighted by Crippen LogP contribution is 2.65. The van der Waals surface area contributed by atoms with E-state index in [1.54, 1.807) is 0 Å². The quantitative estimate of drug-likeness (QED) is 0.498. The van der Waals surface area contributed by atoms with Crippen molar-refractivity contribution in [1.29, 1.82) is 0 Å². The van der Waals surface area contributed by atoms with E-state index in [2.05, 4.69) is 20.8 Å². The van der Waals surface area contributed by atoms with Crippen molar-refractivity contribution in [3.8, 4) is 0 Å². The summed E-state index contributed by atoms with van der Waals surface area (Å²) in [6.07, 6.45) is 12.4. The second-order valence-corrected chi connectivity index (χ2v) is 10.2. The van der Waals surface area contributed by atoms with Gasteiger partial charge in [-0.1, -0.05) is 27.2 Å². The van der Waals surface area contributed by atoms with E-state index in [1.807, 2.05) is 0 Å². The van der Waals surface area contributed by atoms with Crippen LogP contribution in [0.15, 0.2) is 0 Å². The second kappa shape index (κ2) is 7.11. The Bertz CT molecular complexity index is 532. The van der Waals surface area contributed by atoms with Crippen molar-refractivity contribution in [3.05, 3.63) is 0 Å². The molecule has 4 rings (SSSR count). The van der Waals surface area contributed by atoms with Gasteiger partial charge in [-0.05, 0) is 85.9 Å². The Balaban J connectivity index is 1.52. The highest BCUT2D eigenvalue weighted by atomic mass is 16.5. The van der Waals surface area contributed by atoms with E-state index in [0.29, 0.717) is 35.9 Å². The largest absolute Gasteiger partial charge is 0.465 e. The molecule has 0 unspecified atom stereocenters. The first-order valence-corrected chi connectivity index (χ1v) is 11.3. The van der Waals surface area contributed by atoms with Crippen LogP contribution in [0.3, 0.4) is 0 Å². The number of carbonyl (C=O) groups is 1. The van der Waals surface area contributed by atoms with Crippen LogP contribution in [0.4, 0.5) is 0 Å². The summed E-state index contributed by atoms with van der Waals surface area (Å²) in [5.41, 5.74) is 0.687. The van der Waals surface area contributed by atoms with Crippen molar-refractivity contribution in [3.63, 3.8) is 0 Å². The number of esters is 1. The zero-order valence-corrected chi connectivity index (χ0v) is 17.1. The summed E-state index contributed by atoms with van der Waals surface area (Å²) in [5.74, 6) is 3.05. The lowest BCUT2D eigenvalue weighted by Crippen LogP contribution is -2.53. The first kappa shape index (κ1) is 18.8. The number of cyclic esters (lactones) is 1. The van der Waals surface area contributed by atoms with E-state index in [9.17, 15) is 4.79 Å². The summed E-state index contributed by atoms with van der Waals surface area (Å²) in [6.45, 7) is 8.88. The SMILES string of the molecule is CCCCO[C@H]1CC[C@H]2[C@@H]3CC[C@H]4COC(=O)CC[C@]4(C)[C@H]3CC[C@]12C. The zero-order valence-electron chi connectivity index (χ0n) is 17.1. The molecule has 0 bridgehead atoms. The molecule has 0 aromatic carbocycles. The van der Waals surface area contributed by atoms with Crippen molar-refractivity contribution in [2.24, 2.45) is 34.5 Å². The average molecular weight is 363 g/mol. The molecule has 4 aliphatic rings. The van der Waals surface area contributed by atoms with E-state index >= 15 is 0 Å². The third-order valence-corrected chi connectivity index (χ3v) is 9.11. The minimum Gasteiger partial charge on any atom is -0.465 e. The van der Waals surface area contributed by atoms with Gasteiger partial charge in [0.1, 0.15) is 0 Å². The van der Waals surface area contributed by atoms with Crippen molar-refractivity contribution < 1.29 is 14.3 Å². The summed E-state index contributed by atoms with van der Waals surface area (Å²) in [7, 11) is 0. The van der Waals surface area contributed by atoms with Crippen LogP contribution in [0, 0.1) is 34.5 Å². The van der Waals surface area contributed by atoms with Crippen LogP contribution in [0.25, 0.3) is 0 Å². The highest BCUT2D eigenvalue weighted by molar-refractivity contribution is 5.69. The van der Waals surface area contributed by atoms with E-state index in [-0.39, 0.29) is 5.97 Å². The molecule has 4 fully saturated rings. The fraction of sp³-hybridized carbons (Fsp3) is 0.957. The van der Waals surface area contributed by atoms with E-state index in [1.165, 1.54) is 51.4 Å². The van der Waals surface area contributed by atoms with Crippen molar-refractivity contribution in [1.82, 2.24) is 0 Å². The van der Waals surface area contributed by atoms with Crippen LogP contribution in [0.5, 0.6) is 0 Å². The number of fused-ring (bicyclic) bond motifs is 5. The van der Waals surface area contributed by atoms with Crippen LogP contribution < -0.4 is 0 Å². The van der Waals surface area contributed by atoms with E-state index in [4.69, 9.17) is 9.47 Å². The minimum atomic E-state index is 0.0306. The molecule has 0 N–H and O–H groups in total. The molecule has 3 aliphatic carbocycles. The summed E-state index contributed by atoms with van der Waals surface area (Å²) in [4.78, 5) is 11.9. The zero-order chi connectivity index (χ0) is 18.4. The lowest BCUT2D eigenvalue weighted by molar-refractivity contribution is -0.145. The molecule has 3 saturated carbocycles. The fourth-order valence-corrected chi connectivity index (χ4v) is 7.43. The van der Waals surface area contributed by atoms with Gasteiger partial charge in [-0.3, -0.25) is 4.79 Å². The molecular formula is C23H38O3. The Morgan fingerprint density at radius 1 is 1.04 bits per heavy atom. The van der Waals surface area contributed by atoms with Gasteiger partial charge in [-0.15, -0.1) is 0 Å². The number of carbonyl (C=O) groups excluding carboxylic acids is 1. The molecule has 1 heterocycles. The van der Waals surface area contributed by atoms with Crippen LogP contribution in [0.2, 0.25) is 0 Å². The lowest BCUT2D eigenvalue weighted by Gasteiger charge is -2.58. The molecule has 26 heavy (non-hydrogen) atoms. The van der Waals surface area contributed by atoms with Gasteiger partial charge in [0.15, 0.2) is 0 Å². The summed E-state index contributed by atoms with van der Waals surface area (Å²) >= 11 is 0. The summed E-state index contributed by atoms with van der Waals surface area (Å²) < 4.78 is 11.9. The third kappa shape index (κ3) is 2.93. The topological polar surface area (TPSA) is 35.5 Å². The predicted molar refractivity (Wildman–Crippen MR) is 103 cm³/mol. The standard InChI is InChI=1S/C23H38O3/c1-4-5-14-25-20-9-8-18-17-7-6-16-15-26-21(24)11-13-22(16,2)19(17)10-12-23(18,20)3/h16-20H,4-15H2,1-3H3/t16-,17-,18-,19-,20-,22-,23-/m0/s1. The fourth-order valence-electron chi connectivity index (χ4n) is 7.43. The smallest absolute Gasteiger partial charge is 0.305 e. The molecule has 1 aliphatic heterocycles. The monoisotopic (exact) mass is 362 g/mol. The number of unbranched alkanes of at least 4 members (excludes halogenated alkanes) is 1. The molecule has 1 saturated heterocycles. The first-order chi connectivity index (χ1) is 12.5. The number of hydrogen-bond donors (Lipinski definition) is 0. The van der Waals surface area contributed by atoms with E-state index in [0.717, 1.165) is 30.8 Å². The van der Waals surface area contributed by atoms with E-state index < -0.39 is 0 Å². The molecule has 3 heteroatoms. The molecule has 0 radical (unpaired) electrons.